The lowest BCUT2D eigenvalue weighted by atomic mass is 9.81. The van der Waals surface area contributed by atoms with Gasteiger partial charge in [0, 0.05) is 58.3 Å². The lowest BCUT2D eigenvalue weighted by Gasteiger charge is -2.29. The molecule has 0 bridgehead atoms. The molecular weight excluding hydrogens is 839 g/mol. The second-order valence-corrected chi connectivity index (χ2v) is 21.5. The highest BCUT2D eigenvalue weighted by Gasteiger charge is 2.36. The van der Waals surface area contributed by atoms with Crippen molar-refractivity contribution in [2.24, 2.45) is 27.7 Å². The maximum atomic E-state index is 7.12. The van der Waals surface area contributed by atoms with Crippen LogP contribution < -0.4 is 4.74 Å². The fourth-order valence-corrected chi connectivity index (χ4v) is 13.5. The van der Waals surface area contributed by atoms with Gasteiger partial charge in [0.05, 0.1) is 17.3 Å². The van der Waals surface area contributed by atoms with Crippen LogP contribution in [0.15, 0.2) is 155 Å². The molecule has 5 unspecified atom stereocenters. The minimum atomic E-state index is -0.00758. The molecular formula is C65H71N3O. The van der Waals surface area contributed by atoms with Gasteiger partial charge in [-0.2, -0.15) is 0 Å². The highest BCUT2D eigenvalue weighted by atomic mass is 16.5. The van der Waals surface area contributed by atoms with Gasteiger partial charge in [-0.25, -0.2) is 4.99 Å². The van der Waals surface area contributed by atoms with Crippen LogP contribution in [-0.4, -0.2) is 28.3 Å². The van der Waals surface area contributed by atoms with Crippen LogP contribution in [0, 0.1) is 17.8 Å². The molecule has 1 aromatic heterocycles. The fourth-order valence-electron chi connectivity index (χ4n) is 13.5. The Morgan fingerprint density at radius 1 is 0.797 bits per heavy atom. The van der Waals surface area contributed by atoms with Gasteiger partial charge in [-0.3, -0.25) is 4.99 Å². The monoisotopic (exact) mass is 910 g/mol. The third-order valence-corrected chi connectivity index (χ3v) is 17.2. The molecule has 0 saturated heterocycles. The normalized spacial score (nSPS) is 25.1. The number of hydrogen-bond donors (Lipinski definition) is 0. The van der Waals surface area contributed by atoms with E-state index in [1.54, 1.807) is 22.4 Å². The summed E-state index contributed by atoms with van der Waals surface area (Å²) in [7, 11) is 0. The van der Waals surface area contributed by atoms with E-state index in [1.807, 2.05) is 0 Å². The summed E-state index contributed by atoms with van der Waals surface area (Å²) in [6, 6.07) is 23.8. The molecule has 352 valence electrons. The minimum Gasteiger partial charge on any atom is -0.485 e. The van der Waals surface area contributed by atoms with E-state index in [9.17, 15) is 0 Å². The molecule has 12 rings (SSSR count). The van der Waals surface area contributed by atoms with Crippen molar-refractivity contribution in [3.8, 4) is 5.75 Å². The summed E-state index contributed by atoms with van der Waals surface area (Å²) in [6.07, 6.45) is 52.2. The number of nitrogens with zero attached hydrogens (tertiary/aromatic N) is 3. The van der Waals surface area contributed by atoms with Crippen molar-refractivity contribution < 1.29 is 4.74 Å². The molecule has 2 aliphatic heterocycles. The van der Waals surface area contributed by atoms with Gasteiger partial charge in [0.1, 0.15) is 11.9 Å². The van der Waals surface area contributed by atoms with Crippen molar-refractivity contribution in [3.05, 3.63) is 184 Å². The summed E-state index contributed by atoms with van der Waals surface area (Å²) in [4.78, 5) is 11.0. The molecule has 4 aromatic rings. The van der Waals surface area contributed by atoms with Crippen molar-refractivity contribution in [3.63, 3.8) is 0 Å². The number of amidine groups is 1. The van der Waals surface area contributed by atoms with Gasteiger partial charge in [0.25, 0.3) is 0 Å². The Morgan fingerprint density at radius 3 is 2.54 bits per heavy atom. The maximum Gasteiger partial charge on any atom is 0.155 e. The summed E-state index contributed by atoms with van der Waals surface area (Å²) < 4.78 is 9.87. The Morgan fingerprint density at radius 2 is 1.71 bits per heavy atom. The topological polar surface area (TPSA) is 38.9 Å². The van der Waals surface area contributed by atoms with Crippen LogP contribution in [0.5, 0.6) is 5.75 Å². The van der Waals surface area contributed by atoms with E-state index in [0.717, 1.165) is 55.7 Å². The average Bonchev–Trinajstić information content (AvgIpc) is 4.16. The van der Waals surface area contributed by atoms with Crippen LogP contribution in [-0.2, 0) is 19.3 Å². The first kappa shape index (κ1) is 44.5. The number of allylic oxidation sites excluding steroid dienone is 13. The fraction of sp³-hybridized carbons (Fsp3) is 0.415. The predicted molar refractivity (Wildman–Crippen MR) is 290 cm³/mol. The van der Waals surface area contributed by atoms with Gasteiger partial charge in [-0.05, 0) is 155 Å². The summed E-state index contributed by atoms with van der Waals surface area (Å²) >= 11 is 0. The second kappa shape index (κ2) is 19.9. The zero-order valence-corrected chi connectivity index (χ0v) is 41.1. The van der Waals surface area contributed by atoms with Crippen LogP contribution in [0.3, 0.4) is 0 Å². The number of aryl methyl sites for hydroxylation is 1. The summed E-state index contributed by atoms with van der Waals surface area (Å²) in [6.45, 7) is 2.34. The van der Waals surface area contributed by atoms with Crippen LogP contribution >= 0.6 is 0 Å². The van der Waals surface area contributed by atoms with Crippen LogP contribution in [0.25, 0.3) is 22.0 Å². The molecule has 1 saturated carbocycles. The van der Waals surface area contributed by atoms with Crippen LogP contribution in [0.2, 0.25) is 0 Å². The van der Waals surface area contributed by atoms with Gasteiger partial charge in [-0.1, -0.05) is 146 Å². The second-order valence-electron chi connectivity index (χ2n) is 21.5. The highest BCUT2D eigenvalue weighted by molar-refractivity contribution is 6.15. The summed E-state index contributed by atoms with van der Waals surface area (Å²) in [5, 5.41) is 1.47. The van der Waals surface area contributed by atoms with Gasteiger partial charge in [0.2, 0.25) is 0 Å². The number of ether oxygens (including phenoxy) is 1. The van der Waals surface area contributed by atoms with Crippen molar-refractivity contribution in [2.75, 3.05) is 0 Å². The molecule has 0 spiro atoms. The smallest absolute Gasteiger partial charge is 0.155 e. The summed E-state index contributed by atoms with van der Waals surface area (Å²) in [5.74, 6) is 3.50. The molecule has 3 aromatic carbocycles. The third kappa shape index (κ3) is 9.03. The zero-order valence-electron chi connectivity index (χ0n) is 41.1. The van der Waals surface area contributed by atoms with Crippen molar-refractivity contribution in [1.29, 1.82) is 0 Å². The zero-order chi connectivity index (χ0) is 46.1. The SMILES string of the molecule is CCC(/C=C\C=C(/Cc1ccc(C2=CC=C3c4cc5c6c(n(C7CC=CCC7)c5cc4OC3C2)CCCC6)c(C2=NC(c3ccccc3)=NC(C3C=CCCC3)C2)c1)C1CCCC1)C1=CC=CCC1. The molecule has 4 heteroatoms. The molecule has 0 N–H and O–H groups in total. The van der Waals surface area contributed by atoms with E-state index in [0.29, 0.717) is 23.8 Å². The van der Waals surface area contributed by atoms with E-state index >= 15 is 0 Å². The van der Waals surface area contributed by atoms with E-state index in [2.05, 4.69) is 145 Å². The Hall–Kier alpha value is -5.74. The Bertz CT molecular complexity index is 2910. The molecule has 6 aliphatic carbocycles. The number of aliphatic imine (C=N–C) groups is 2. The molecule has 69 heavy (non-hydrogen) atoms. The van der Waals surface area contributed by atoms with E-state index in [1.165, 1.54) is 140 Å². The van der Waals surface area contributed by atoms with E-state index in [-0.39, 0.29) is 12.1 Å². The van der Waals surface area contributed by atoms with Gasteiger partial charge < -0.3 is 9.30 Å². The highest BCUT2D eigenvalue weighted by Crippen LogP contribution is 2.49. The standard InChI is InChI=1S/C65H71N3O/c1-2-45(46-20-7-3-8-21-46)28-19-29-50(47-22-15-16-23-47)38-44-34-36-53(56(39-44)60-42-59(48-24-9-4-10-25-48)66-65(67-60)49-26-11-5-12-27-49)51-35-37-55-58-41-57-54-32-17-18-33-61(54)68(52-30-13-6-14-31-52)62(57)43-64(58)69-63(55)40-51/h3,5-7,9,11-13,19-20,24,26-29,34-37,39,41,43,45,47-48,52,59,63H,2,4,8,10,14-18,21-23,25,30-33,38,40,42H2,1H3/b28-19-,50-29+. The number of aromatic nitrogens is 1. The molecule has 4 nitrogen and oxygen atoms in total. The van der Waals surface area contributed by atoms with Gasteiger partial charge >= 0.3 is 0 Å². The van der Waals surface area contributed by atoms with E-state index < -0.39 is 0 Å². The molecule has 3 heterocycles. The number of benzene rings is 3. The predicted octanol–water partition coefficient (Wildman–Crippen LogP) is 16.3. The first-order chi connectivity index (χ1) is 34.1. The quantitative estimate of drug-likeness (QED) is 0.103. The van der Waals surface area contributed by atoms with E-state index in [4.69, 9.17) is 14.7 Å². The molecule has 0 amide bonds. The lowest BCUT2D eigenvalue weighted by molar-refractivity contribution is 0.281. The van der Waals surface area contributed by atoms with Crippen LogP contribution in [0.4, 0.5) is 0 Å². The number of rotatable bonds is 12. The maximum absolute atomic E-state index is 7.12. The molecule has 0 radical (unpaired) electrons. The Kier molecular flexibility index (Phi) is 12.8. The van der Waals surface area contributed by atoms with Crippen molar-refractivity contribution >= 4 is 33.6 Å². The van der Waals surface area contributed by atoms with Gasteiger partial charge in [-0.15, -0.1) is 0 Å². The molecule has 5 atom stereocenters. The van der Waals surface area contributed by atoms with Crippen molar-refractivity contribution in [1.82, 2.24) is 4.57 Å². The van der Waals surface area contributed by atoms with Crippen molar-refractivity contribution in [2.45, 2.75) is 154 Å². The first-order valence-corrected chi connectivity index (χ1v) is 27.3. The average molecular weight is 910 g/mol. The Labute approximate surface area is 411 Å². The first-order valence-electron chi connectivity index (χ1n) is 27.3. The summed E-state index contributed by atoms with van der Waals surface area (Å²) in [5.41, 5.74) is 18.0. The largest absolute Gasteiger partial charge is 0.485 e. The third-order valence-electron chi connectivity index (χ3n) is 17.2. The Balaban J connectivity index is 0.925. The van der Waals surface area contributed by atoms with Gasteiger partial charge in [0.15, 0.2) is 5.84 Å². The minimum absolute atomic E-state index is 0.00758. The van der Waals surface area contributed by atoms with Crippen LogP contribution in [0.1, 0.15) is 161 Å². The lowest BCUT2D eigenvalue weighted by Crippen LogP contribution is -2.29. The molecule has 1 fully saturated rings. The molecule has 8 aliphatic rings. The number of fused-ring (bicyclic) bond motifs is 6. The number of hydrogen-bond acceptors (Lipinski definition) is 3.